The van der Waals surface area contributed by atoms with Gasteiger partial charge in [0.05, 0.1) is 6.61 Å². The number of halogens is 2. The van der Waals surface area contributed by atoms with Crippen LogP contribution in [-0.2, 0) is 6.42 Å². The number of nitrogens with zero attached hydrogens (tertiary/aromatic N) is 2. The van der Waals surface area contributed by atoms with Crippen molar-refractivity contribution in [3.8, 4) is 17.1 Å². The van der Waals surface area contributed by atoms with Crippen molar-refractivity contribution in [2.75, 3.05) is 6.61 Å². The fraction of sp³-hybridized carbons (Fsp3) is 0.524. The van der Waals surface area contributed by atoms with Crippen LogP contribution in [-0.4, -0.2) is 22.7 Å². The van der Waals surface area contributed by atoms with Gasteiger partial charge in [-0.1, -0.05) is 32.6 Å². The molecule has 1 atom stereocenters. The number of aryl methyl sites for hydroxylation is 1. The van der Waals surface area contributed by atoms with Gasteiger partial charge in [-0.3, -0.25) is 0 Å². The lowest BCUT2D eigenvalue weighted by atomic mass is 10.1. The minimum Gasteiger partial charge on any atom is -0.490 e. The van der Waals surface area contributed by atoms with Crippen LogP contribution in [0, 0.1) is 5.82 Å². The molecule has 1 heterocycles. The number of ether oxygens (including phenoxy) is 1. The van der Waals surface area contributed by atoms with Gasteiger partial charge in [0.2, 0.25) is 0 Å². The highest BCUT2D eigenvalue weighted by molar-refractivity contribution is 5.56. The Kier molecular flexibility index (Phi) is 8.45. The molecule has 1 aromatic heterocycles. The predicted octanol–water partition coefficient (Wildman–Crippen LogP) is 5.92. The SMILES string of the molecule is CCCCCCCc1cnc(-c2ccc(OCCC(C)F)c(F)c2)nc1. The van der Waals surface area contributed by atoms with Crippen LogP contribution >= 0.6 is 0 Å². The highest BCUT2D eigenvalue weighted by Crippen LogP contribution is 2.24. The quantitative estimate of drug-likeness (QED) is 0.465. The number of hydrogen-bond acceptors (Lipinski definition) is 3. The zero-order chi connectivity index (χ0) is 18.8. The summed E-state index contributed by atoms with van der Waals surface area (Å²) >= 11 is 0. The van der Waals surface area contributed by atoms with E-state index in [0.29, 0.717) is 11.4 Å². The molecule has 0 aliphatic carbocycles. The minimum atomic E-state index is -0.962. The Morgan fingerprint density at radius 3 is 2.46 bits per heavy atom. The van der Waals surface area contributed by atoms with Crippen LogP contribution in [0.15, 0.2) is 30.6 Å². The number of hydrogen-bond donors (Lipinski definition) is 0. The zero-order valence-electron chi connectivity index (χ0n) is 15.7. The smallest absolute Gasteiger partial charge is 0.165 e. The van der Waals surface area contributed by atoms with Crippen molar-refractivity contribution in [2.45, 2.75) is 65.0 Å². The average molecular weight is 362 g/mol. The topological polar surface area (TPSA) is 35.0 Å². The summed E-state index contributed by atoms with van der Waals surface area (Å²) in [6, 6.07) is 4.61. The van der Waals surface area contributed by atoms with E-state index in [9.17, 15) is 8.78 Å². The molecule has 0 radical (unpaired) electrons. The van der Waals surface area contributed by atoms with E-state index in [1.165, 1.54) is 38.7 Å². The van der Waals surface area contributed by atoms with E-state index in [1.807, 2.05) is 12.4 Å². The summed E-state index contributed by atoms with van der Waals surface area (Å²) in [7, 11) is 0. The Bertz CT molecular complexity index is 660. The third kappa shape index (κ3) is 6.70. The van der Waals surface area contributed by atoms with Gasteiger partial charge >= 0.3 is 0 Å². The van der Waals surface area contributed by atoms with E-state index in [-0.39, 0.29) is 18.8 Å². The zero-order valence-corrected chi connectivity index (χ0v) is 15.7. The van der Waals surface area contributed by atoms with Crippen LogP contribution in [0.3, 0.4) is 0 Å². The standard InChI is InChI=1S/C21H28F2N2O/c1-3-4-5-6-7-8-17-14-24-21(25-15-17)18-9-10-20(19(23)13-18)26-12-11-16(2)22/h9-10,13-16H,3-8,11-12H2,1-2H3. The Balaban J connectivity index is 1.90. The number of alkyl halides is 1. The molecule has 1 unspecified atom stereocenters. The summed E-state index contributed by atoms with van der Waals surface area (Å²) in [6.07, 6.45) is 10.0. The van der Waals surface area contributed by atoms with Gasteiger partial charge in [-0.25, -0.2) is 18.7 Å². The van der Waals surface area contributed by atoms with E-state index < -0.39 is 12.0 Å². The second kappa shape index (κ2) is 10.8. The Morgan fingerprint density at radius 2 is 1.81 bits per heavy atom. The highest BCUT2D eigenvalue weighted by Gasteiger charge is 2.09. The van der Waals surface area contributed by atoms with Gasteiger partial charge in [0.25, 0.3) is 0 Å². The van der Waals surface area contributed by atoms with Gasteiger partial charge in [0.15, 0.2) is 17.4 Å². The van der Waals surface area contributed by atoms with Gasteiger partial charge in [-0.15, -0.1) is 0 Å². The first-order valence-electron chi connectivity index (χ1n) is 9.48. The lowest BCUT2D eigenvalue weighted by Gasteiger charge is -2.09. The second-order valence-corrected chi connectivity index (χ2v) is 6.64. The monoisotopic (exact) mass is 362 g/mol. The molecule has 0 aliphatic rings. The van der Waals surface area contributed by atoms with Gasteiger partial charge in [-0.2, -0.15) is 0 Å². The van der Waals surface area contributed by atoms with Crippen LogP contribution in [0.25, 0.3) is 11.4 Å². The maximum Gasteiger partial charge on any atom is 0.165 e. The fourth-order valence-electron chi connectivity index (χ4n) is 2.65. The third-order valence-corrected chi connectivity index (χ3v) is 4.24. The van der Waals surface area contributed by atoms with Crippen LogP contribution < -0.4 is 4.74 Å². The highest BCUT2D eigenvalue weighted by atomic mass is 19.1. The molecule has 0 spiro atoms. The van der Waals surface area contributed by atoms with E-state index in [4.69, 9.17) is 4.74 Å². The van der Waals surface area contributed by atoms with Crippen molar-refractivity contribution in [3.63, 3.8) is 0 Å². The van der Waals surface area contributed by atoms with Crippen molar-refractivity contribution in [3.05, 3.63) is 42.0 Å². The molecule has 26 heavy (non-hydrogen) atoms. The number of rotatable bonds is 11. The van der Waals surface area contributed by atoms with Crippen molar-refractivity contribution in [1.82, 2.24) is 9.97 Å². The summed E-state index contributed by atoms with van der Waals surface area (Å²) in [4.78, 5) is 8.70. The maximum absolute atomic E-state index is 14.1. The molecule has 0 aliphatic heterocycles. The molecular formula is C21H28F2N2O. The largest absolute Gasteiger partial charge is 0.490 e. The first kappa shape index (κ1) is 20.3. The van der Waals surface area contributed by atoms with Gasteiger partial charge in [0, 0.05) is 24.4 Å². The molecule has 0 amide bonds. The maximum atomic E-state index is 14.1. The summed E-state index contributed by atoms with van der Waals surface area (Å²) < 4.78 is 32.2. The van der Waals surface area contributed by atoms with Crippen LogP contribution in [0.4, 0.5) is 8.78 Å². The number of benzene rings is 1. The molecule has 1 aromatic carbocycles. The molecule has 0 saturated carbocycles. The first-order valence-corrected chi connectivity index (χ1v) is 9.48. The molecule has 0 bridgehead atoms. The lowest BCUT2D eigenvalue weighted by molar-refractivity contribution is 0.240. The molecular weight excluding hydrogens is 334 g/mol. The molecule has 3 nitrogen and oxygen atoms in total. The minimum absolute atomic E-state index is 0.123. The summed E-state index contributed by atoms with van der Waals surface area (Å²) in [5.74, 6) is 0.123. The molecule has 0 saturated heterocycles. The molecule has 0 N–H and O–H groups in total. The van der Waals surface area contributed by atoms with Crippen molar-refractivity contribution >= 4 is 0 Å². The predicted molar refractivity (Wildman–Crippen MR) is 101 cm³/mol. The van der Waals surface area contributed by atoms with Gasteiger partial charge < -0.3 is 4.74 Å². The van der Waals surface area contributed by atoms with Crippen molar-refractivity contribution < 1.29 is 13.5 Å². The Morgan fingerprint density at radius 1 is 1.08 bits per heavy atom. The summed E-state index contributed by atoms with van der Waals surface area (Å²) in [5.41, 5.74) is 1.70. The van der Waals surface area contributed by atoms with E-state index >= 15 is 0 Å². The van der Waals surface area contributed by atoms with E-state index in [2.05, 4.69) is 16.9 Å². The van der Waals surface area contributed by atoms with Crippen molar-refractivity contribution in [1.29, 1.82) is 0 Å². The molecule has 2 aromatic rings. The molecule has 2 rings (SSSR count). The van der Waals surface area contributed by atoms with Crippen LogP contribution in [0.2, 0.25) is 0 Å². The fourth-order valence-corrected chi connectivity index (χ4v) is 2.65. The van der Waals surface area contributed by atoms with Crippen molar-refractivity contribution in [2.24, 2.45) is 0 Å². The number of aromatic nitrogens is 2. The number of unbranched alkanes of at least 4 members (excludes halogenated alkanes) is 4. The summed E-state index contributed by atoms with van der Waals surface area (Å²) in [6.45, 7) is 3.81. The Labute approximate surface area is 154 Å². The van der Waals surface area contributed by atoms with Gasteiger partial charge in [-0.05, 0) is 43.5 Å². The van der Waals surface area contributed by atoms with Gasteiger partial charge in [0.1, 0.15) is 6.17 Å². The van der Waals surface area contributed by atoms with Crippen LogP contribution in [0.5, 0.6) is 5.75 Å². The second-order valence-electron chi connectivity index (χ2n) is 6.64. The summed E-state index contributed by atoms with van der Waals surface area (Å²) in [5, 5.41) is 0. The average Bonchev–Trinajstić information content (AvgIpc) is 2.63. The lowest BCUT2D eigenvalue weighted by Crippen LogP contribution is -2.05. The molecule has 142 valence electrons. The van der Waals surface area contributed by atoms with Crippen LogP contribution in [0.1, 0.15) is 57.9 Å². The normalized spacial score (nSPS) is 12.2. The first-order chi connectivity index (χ1) is 12.6. The van der Waals surface area contributed by atoms with E-state index in [0.717, 1.165) is 18.4 Å². The third-order valence-electron chi connectivity index (χ3n) is 4.24. The molecule has 0 fully saturated rings. The Hall–Kier alpha value is -2.04. The van der Waals surface area contributed by atoms with E-state index in [1.54, 1.807) is 12.1 Å². The molecule has 5 heteroatoms.